The SMILES string of the molecule is C=CCc1c(O)ccc2cc(Br)ccc12. The van der Waals surface area contributed by atoms with Crippen molar-refractivity contribution in [1.29, 1.82) is 0 Å². The van der Waals surface area contributed by atoms with E-state index in [4.69, 9.17) is 0 Å². The van der Waals surface area contributed by atoms with E-state index in [-0.39, 0.29) is 0 Å². The lowest BCUT2D eigenvalue weighted by molar-refractivity contribution is 0.471. The van der Waals surface area contributed by atoms with Crippen LogP contribution in [0.25, 0.3) is 10.8 Å². The molecular formula is C13H11BrO. The highest BCUT2D eigenvalue weighted by atomic mass is 79.9. The van der Waals surface area contributed by atoms with Gasteiger partial charge in [-0.25, -0.2) is 0 Å². The molecule has 0 saturated carbocycles. The van der Waals surface area contributed by atoms with Gasteiger partial charge in [0.25, 0.3) is 0 Å². The molecular weight excluding hydrogens is 252 g/mol. The summed E-state index contributed by atoms with van der Waals surface area (Å²) in [5.41, 5.74) is 0.940. The molecule has 15 heavy (non-hydrogen) atoms. The number of rotatable bonds is 2. The van der Waals surface area contributed by atoms with E-state index < -0.39 is 0 Å². The molecule has 0 atom stereocenters. The molecule has 1 nitrogen and oxygen atoms in total. The molecule has 0 spiro atoms. The Hall–Kier alpha value is -1.28. The molecule has 0 aliphatic rings. The number of hydrogen-bond acceptors (Lipinski definition) is 1. The zero-order valence-electron chi connectivity index (χ0n) is 8.20. The third-order valence-electron chi connectivity index (χ3n) is 2.42. The second-order valence-corrected chi connectivity index (χ2v) is 4.34. The van der Waals surface area contributed by atoms with Gasteiger partial charge >= 0.3 is 0 Å². The molecule has 2 rings (SSSR count). The van der Waals surface area contributed by atoms with Crippen molar-refractivity contribution < 1.29 is 5.11 Å². The first-order valence-electron chi connectivity index (χ1n) is 4.73. The van der Waals surface area contributed by atoms with Crippen LogP contribution >= 0.6 is 15.9 Å². The number of halogens is 1. The molecule has 0 heterocycles. The van der Waals surface area contributed by atoms with Crippen molar-refractivity contribution in [2.24, 2.45) is 0 Å². The third-order valence-corrected chi connectivity index (χ3v) is 2.91. The van der Waals surface area contributed by atoms with Gasteiger partial charge < -0.3 is 5.11 Å². The van der Waals surface area contributed by atoms with Gasteiger partial charge in [-0.1, -0.05) is 34.1 Å². The van der Waals surface area contributed by atoms with Gasteiger partial charge in [0.05, 0.1) is 0 Å². The van der Waals surface area contributed by atoms with Gasteiger partial charge in [-0.15, -0.1) is 6.58 Å². The lowest BCUT2D eigenvalue weighted by atomic mass is 10.0. The fourth-order valence-corrected chi connectivity index (χ4v) is 2.09. The summed E-state index contributed by atoms with van der Waals surface area (Å²) < 4.78 is 1.05. The Morgan fingerprint density at radius 3 is 2.80 bits per heavy atom. The standard InChI is InChI=1S/C13H11BrO/c1-2-3-12-11-6-5-10(14)8-9(11)4-7-13(12)15/h2,4-8,15H,1,3H2. The van der Waals surface area contributed by atoms with Gasteiger partial charge in [0, 0.05) is 10.0 Å². The number of fused-ring (bicyclic) bond motifs is 1. The van der Waals surface area contributed by atoms with E-state index in [1.54, 1.807) is 12.1 Å². The molecule has 2 heteroatoms. The molecule has 1 N–H and O–H groups in total. The first-order chi connectivity index (χ1) is 7.22. The molecule has 2 aromatic rings. The van der Waals surface area contributed by atoms with Gasteiger partial charge in [-0.2, -0.15) is 0 Å². The zero-order valence-corrected chi connectivity index (χ0v) is 9.79. The molecule has 0 amide bonds. The second kappa shape index (κ2) is 4.07. The molecule has 0 aromatic heterocycles. The molecule has 2 aromatic carbocycles. The minimum atomic E-state index is 0.338. The van der Waals surface area contributed by atoms with Crippen LogP contribution in [0.3, 0.4) is 0 Å². The molecule has 76 valence electrons. The summed E-state index contributed by atoms with van der Waals surface area (Å²) in [5.74, 6) is 0.338. The van der Waals surface area contributed by atoms with Crippen molar-refractivity contribution in [3.8, 4) is 5.75 Å². The molecule has 0 fully saturated rings. The van der Waals surface area contributed by atoms with Crippen molar-refractivity contribution in [2.45, 2.75) is 6.42 Å². The predicted molar refractivity (Wildman–Crippen MR) is 67.2 cm³/mol. The van der Waals surface area contributed by atoms with Crippen LogP contribution in [-0.4, -0.2) is 5.11 Å². The van der Waals surface area contributed by atoms with E-state index in [1.807, 2.05) is 24.3 Å². The Balaban J connectivity index is 2.75. The number of aromatic hydroxyl groups is 1. The molecule has 0 aliphatic heterocycles. The number of phenols is 1. The van der Waals surface area contributed by atoms with Gasteiger partial charge in [0.1, 0.15) is 5.75 Å². The highest BCUT2D eigenvalue weighted by molar-refractivity contribution is 9.10. The summed E-state index contributed by atoms with van der Waals surface area (Å²) >= 11 is 3.43. The van der Waals surface area contributed by atoms with Crippen molar-refractivity contribution in [1.82, 2.24) is 0 Å². The molecule has 0 saturated heterocycles. The largest absolute Gasteiger partial charge is 0.508 e. The first kappa shape index (κ1) is 10.2. The van der Waals surface area contributed by atoms with Crippen molar-refractivity contribution in [2.75, 3.05) is 0 Å². The topological polar surface area (TPSA) is 20.2 Å². The predicted octanol–water partition coefficient (Wildman–Crippen LogP) is 4.04. The molecule has 0 unspecified atom stereocenters. The van der Waals surface area contributed by atoms with Crippen molar-refractivity contribution >= 4 is 26.7 Å². The Kier molecular flexibility index (Phi) is 2.78. The van der Waals surface area contributed by atoms with Crippen LogP contribution in [-0.2, 0) is 6.42 Å². The summed E-state index contributed by atoms with van der Waals surface area (Å²) in [6.45, 7) is 3.70. The third kappa shape index (κ3) is 1.90. The minimum absolute atomic E-state index is 0.338. The summed E-state index contributed by atoms with van der Waals surface area (Å²) in [4.78, 5) is 0. The average molecular weight is 263 g/mol. The van der Waals surface area contributed by atoms with Crippen molar-refractivity contribution in [3.05, 3.63) is 53.0 Å². The van der Waals surface area contributed by atoms with E-state index in [0.29, 0.717) is 12.2 Å². The highest BCUT2D eigenvalue weighted by Gasteiger charge is 2.05. The van der Waals surface area contributed by atoms with Crippen molar-refractivity contribution in [3.63, 3.8) is 0 Å². The van der Waals surface area contributed by atoms with E-state index >= 15 is 0 Å². The van der Waals surface area contributed by atoms with Crippen LogP contribution in [0.2, 0.25) is 0 Å². The fourth-order valence-electron chi connectivity index (χ4n) is 1.71. The molecule has 0 bridgehead atoms. The highest BCUT2D eigenvalue weighted by Crippen LogP contribution is 2.29. The van der Waals surface area contributed by atoms with Gasteiger partial charge in [-0.3, -0.25) is 0 Å². The van der Waals surface area contributed by atoms with Crippen LogP contribution in [0.1, 0.15) is 5.56 Å². The quantitative estimate of drug-likeness (QED) is 0.811. The van der Waals surface area contributed by atoms with Crippen LogP contribution < -0.4 is 0 Å². The fraction of sp³-hybridized carbons (Fsp3) is 0.0769. The van der Waals surface area contributed by atoms with Gasteiger partial charge in [-0.05, 0) is 35.4 Å². The first-order valence-corrected chi connectivity index (χ1v) is 5.52. The number of allylic oxidation sites excluding steroid dienone is 1. The van der Waals surface area contributed by atoms with Crippen LogP contribution in [0, 0.1) is 0 Å². The Morgan fingerprint density at radius 2 is 2.07 bits per heavy atom. The number of hydrogen-bond donors (Lipinski definition) is 1. The summed E-state index contributed by atoms with van der Waals surface area (Å²) in [7, 11) is 0. The Morgan fingerprint density at radius 1 is 1.27 bits per heavy atom. The zero-order chi connectivity index (χ0) is 10.8. The maximum absolute atomic E-state index is 9.75. The van der Waals surface area contributed by atoms with Crippen LogP contribution in [0.15, 0.2) is 47.5 Å². The lowest BCUT2D eigenvalue weighted by Crippen LogP contribution is -1.85. The summed E-state index contributed by atoms with van der Waals surface area (Å²) in [5, 5.41) is 12.0. The average Bonchev–Trinajstić information content (AvgIpc) is 2.22. The normalized spacial score (nSPS) is 10.5. The maximum atomic E-state index is 9.75. The Bertz CT molecular complexity index is 517. The number of benzene rings is 2. The van der Waals surface area contributed by atoms with Gasteiger partial charge in [0.2, 0.25) is 0 Å². The summed E-state index contributed by atoms with van der Waals surface area (Å²) in [6.07, 6.45) is 2.49. The lowest BCUT2D eigenvalue weighted by Gasteiger charge is -2.07. The summed E-state index contributed by atoms with van der Waals surface area (Å²) in [6, 6.07) is 9.68. The van der Waals surface area contributed by atoms with E-state index in [0.717, 1.165) is 20.8 Å². The van der Waals surface area contributed by atoms with E-state index in [1.165, 1.54) is 0 Å². The maximum Gasteiger partial charge on any atom is 0.119 e. The van der Waals surface area contributed by atoms with E-state index in [9.17, 15) is 5.11 Å². The van der Waals surface area contributed by atoms with E-state index in [2.05, 4.69) is 22.5 Å². The second-order valence-electron chi connectivity index (χ2n) is 3.42. The van der Waals surface area contributed by atoms with Gasteiger partial charge in [0.15, 0.2) is 0 Å². The molecule has 0 radical (unpaired) electrons. The smallest absolute Gasteiger partial charge is 0.119 e. The minimum Gasteiger partial charge on any atom is -0.508 e. The molecule has 0 aliphatic carbocycles. The van der Waals surface area contributed by atoms with Crippen LogP contribution in [0.4, 0.5) is 0 Å². The van der Waals surface area contributed by atoms with Crippen LogP contribution in [0.5, 0.6) is 5.75 Å². The number of phenolic OH excluding ortho intramolecular Hbond substituents is 1. The Labute approximate surface area is 97.2 Å². The monoisotopic (exact) mass is 262 g/mol.